The molecule has 0 spiro atoms. The highest BCUT2D eigenvalue weighted by Gasteiger charge is 2.35. The zero-order chi connectivity index (χ0) is 15.5. The summed E-state index contributed by atoms with van der Waals surface area (Å²) in [6.45, 7) is 9.60. The molecule has 0 saturated heterocycles. The van der Waals surface area contributed by atoms with Gasteiger partial charge in [-0.2, -0.15) is 0 Å². The average Bonchev–Trinajstić information content (AvgIpc) is 2.97. The van der Waals surface area contributed by atoms with Gasteiger partial charge in [0.25, 0.3) is 0 Å². The third kappa shape index (κ3) is 5.03. The predicted molar refractivity (Wildman–Crippen MR) is 85.2 cm³/mol. The lowest BCUT2D eigenvalue weighted by molar-refractivity contribution is 0.0502. The SMILES string of the molecule is CCC(CNCC1CC2C=CC1C2)NC(=O)OC(C)(C)C. The highest BCUT2D eigenvalue weighted by Crippen LogP contribution is 2.42. The van der Waals surface area contributed by atoms with Crippen molar-refractivity contribution in [1.29, 1.82) is 0 Å². The molecular formula is C17H30N2O2. The van der Waals surface area contributed by atoms with Gasteiger partial charge >= 0.3 is 6.09 Å². The number of amides is 1. The molecule has 21 heavy (non-hydrogen) atoms. The van der Waals surface area contributed by atoms with Crippen molar-refractivity contribution < 1.29 is 9.53 Å². The molecule has 2 N–H and O–H groups in total. The van der Waals surface area contributed by atoms with Crippen molar-refractivity contribution >= 4 is 6.09 Å². The zero-order valence-electron chi connectivity index (χ0n) is 13.8. The lowest BCUT2D eigenvalue weighted by Gasteiger charge is -2.24. The van der Waals surface area contributed by atoms with Gasteiger partial charge in [0.15, 0.2) is 0 Å². The maximum Gasteiger partial charge on any atom is 0.407 e. The summed E-state index contributed by atoms with van der Waals surface area (Å²) < 4.78 is 5.30. The molecule has 0 aromatic carbocycles. The molecule has 1 saturated carbocycles. The highest BCUT2D eigenvalue weighted by molar-refractivity contribution is 5.68. The molecule has 1 amide bonds. The molecule has 0 aromatic rings. The number of ether oxygens (including phenoxy) is 1. The Morgan fingerprint density at radius 3 is 2.62 bits per heavy atom. The van der Waals surface area contributed by atoms with Crippen LogP contribution in [0.15, 0.2) is 12.2 Å². The summed E-state index contributed by atoms with van der Waals surface area (Å²) in [5, 5.41) is 6.47. The van der Waals surface area contributed by atoms with E-state index >= 15 is 0 Å². The van der Waals surface area contributed by atoms with E-state index in [4.69, 9.17) is 4.74 Å². The molecule has 120 valence electrons. The summed E-state index contributed by atoms with van der Waals surface area (Å²) in [7, 11) is 0. The van der Waals surface area contributed by atoms with Crippen LogP contribution in [0.4, 0.5) is 4.79 Å². The molecule has 0 heterocycles. The average molecular weight is 294 g/mol. The van der Waals surface area contributed by atoms with Gasteiger partial charge < -0.3 is 15.4 Å². The van der Waals surface area contributed by atoms with Crippen molar-refractivity contribution in [3.63, 3.8) is 0 Å². The van der Waals surface area contributed by atoms with Gasteiger partial charge in [0.05, 0.1) is 0 Å². The van der Waals surface area contributed by atoms with Gasteiger partial charge in [0.1, 0.15) is 5.60 Å². The number of hydrogen-bond acceptors (Lipinski definition) is 3. The number of alkyl carbamates (subject to hydrolysis) is 1. The van der Waals surface area contributed by atoms with Gasteiger partial charge in [-0.15, -0.1) is 0 Å². The molecule has 0 aromatic heterocycles. The number of nitrogens with one attached hydrogen (secondary N) is 2. The number of fused-ring (bicyclic) bond motifs is 2. The fourth-order valence-electron chi connectivity index (χ4n) is 3.34. The highest BCUT2D eigenvalue weighted by atomic mass is 16.6. The molecular weight excluding hydrogens is 264 g/mol. The van der Waals surface area contributed by atoms with Gasteiger partial charge in [-0.1, -0.05) is 19.1 Å². The summed E-state index contributed by atoms with van der Waals surface area (Å²) in [4.78, 5) is 11.8. The lowest BCUT2D eigenvalue weighted by atomic mass is 9.93. The quantitative estimate of drug-likeness (QED) is 0.740. The van der Waals surface area contributed by atoms with Crippen LogP contribution in [-0.4, -0.2) is 30.8 Å². The summed E-state index contributed by atoms with van der Waals surface area (Å²) in [6, 6.07) is 0.133. The van der Waals surface area contributed by atoms with Crippen LogP contribution in [0.2, 0.25) is 0 Å². The van der Waals surface area contributed by atoms with Crippen molar-refractivity contribution in [3.05, 3.63) is 12.2 Å². The van der Waals surface area contributed by atoms with Crippen LogP contribution in [0.25, 0.3) is 0 Å². The Labute approximate surface area is 128 Å². The minimum Gasteiger partial charge on any atom is -0.444 e. The summed E-state index contributed by atoms with van der Waals surface area (Å²) in [6.07, 6.45) is 8.02. The Balaban J connectivity index is 1.66. The molecule has 4 atom stereocenters. The Morgan fingerprint density at radius 2 is 2.10 bits per heavy atom. The van der Waals surface area contributed by atoms with Crippen molar-refractivity contribution in [2.45, 2.75) is 58.6 Å². The van der Waals surface area contributed by atoms with Crippen LogP contribution < -0.4 is 10.6 Å². The number of carbonyl (C=O) groups is 1. The number of rotatable bonds is 6. The minimum absolute atomic E-state index is 0.133. The van der Waals surface area contributed by atoms with E-state index in [-0.39, 0.29) is 12.1 Å². The van der Waals surface area contributed by atoms with Crippen molar-refractivity contribution in [2.24, 2.45) is 17.8 Å². The first-order chi connectivity index (χ1) is 9.87. The van der Waals surface area contributed by atoms with Crippen molar-refractivity contribution in [2.75, 3.05) is 13.1 Å². The first-order valence-corrected chi connectivity index (χ1v) is 8.26. The second-order valence-corrected chi connectivity index (χ2v) is 7.45. The Bertz CT molecular complexity index is 387. The summed E-state index contributed by atoms with van der Waals surface area (Å²) in [5.41, 5.74) is -0.439. The molecule has 0 radical (unpaired) electrons. The Morgan fingerprint density at radius 1 is 1.33 bits per heavy atom. The van der Waals surface area contributed by atoms with Gasteiger partial charge in [0.2, 0.25) is 0 Å². The van der Waals surface area contributed by atoms with Crippen LogP contribution in [0, 0.1) is 17.8 Å². The van der Waals surface area contributed by atoms with Gasteiger partial charge in [0, 0.05) is 12.6 Å². The number of allylic oxidation sites excluding steroid dienone is 2. The van der Waals surface area contributed by atoms with Crippen LogP contribution in [-0.2, 0) is 4.74 Å². The van der Waals surface area contributed by atoms with Crippen molar-refractivity contribution in [3.8, 4) is 0 Å². The molecule has 4 heteroatoms. The standard InChI is InChI=1S/C17H30N2O2/c1-5-15(19-16(20)21-17(2,3)4)11-18-10-14-9-12-6-7-13(14)8-12/h6-7,12-15,18H,5,8-11H2,1-4H3,(H,19,20). The van der Waals surface area contributed by atoms with Crippen LogP contribution in [0.3, 0.4) is 0 Å². The predicted octanol–water partition coefficient (Wildman–Crippen LogP) is 3.09. The molecule has 0 aliphatic heterocycles. The van der Waals surface area contributed by atoms with Crippen LogP contribution >= 0.6 is 0 Å². The maximum atomic E-state index is 11.8. The minimum atomic E-state index is -0.439. The van der Waals surface area contributed by atoms with Crippen LogP contribution in [0.5, 0.6) is 0 Å². The summed E-state index contributed by atoms with van der Waals surface area (Å²) in [5.74, 6) is 2.38. The monoisotopic (exact) mass is 294 g/mol. The molecule has 1 fully saturated rings. The van der Waals surface area contributed by atoms with E-state index < -0.39 is 5.60 Å². The molecule has 4 nitrogen and oxygen atoms in total. The fourth-order valence-corrected chi connectivity index (χ4v) is 3.34. The van der Waals surface area contributed by atoms with E-state index in [1.165, 1.54) is 12.8 Å². The van der Waals surface area contributed by atoms with Crippen LogP contribution in [0.1, 0.15) is 47.0 Å². The number of carbonyl (C=O) groups excluding carboxylic acids is 1. The Hall–Kier alpha value is -1.03. The third-order valence-corrected chi connectivity index (χ3v) is 4.43. The van der Waals surface area contributed by atoms with E-state index in [1.807, 2.05) is 20.8 Å². The lowest BCUT2D eigenvalue weighted by Crippen LogP contribution is -2.44. The topological polar surface area (TPSA) is 50.4 Å². The first kappa shape index (κ1) is 16.3. The molecule has 2 rings (SSSR count). The normalized spacial score (nSPS) is 28.7. The summed E-state index contributed by atoms with van der Waals surface area (Å²) >= 11 is 0. The largest absolute Gasteiger partial charge is 0.444 e. The second-order valence-electron chi connectivity index (χ2n) is 7.45. The molecule has 2 bridgehead atoms. The zero-order valence-corrected chi connectivity index (χ0v) is 13.8. The maximum absolute atomic E-state index is 11.8. The van der Waals surface area contributed by atoms with E-state index in [9.17, 15) is 4.79 Å². The number of hydrogen-bond donors (Lipinski definition) is 2. The first-order valence-electron chi connectivity index (χ1n) is 8.26. The third-order valence-electron chi connectivity index (χ3n) is 4.43. The smallest absolute Gasteiger partial charge is 0.407 e. The van der Waals surface area contributed by atoms with E-state index in [0.717, 1.165) is 37.3 Å². The van der Waals surface area contributed by atoms with E-state index in [0.29, 0.717) is 0 Å². The molecule has 4 unspecified atom stereocenters. The second kappa shape index (κ2) is 6.82. The molecule has 2 aliphatic rings. The Kier molecular flexibility index (Phi) is 5.31. The van der Waals surface area contributed by atoms with Gasteiger partial charge in [-0.05, 0) is 64.3 Å². The van der Waals surface area contributed by atoms with Gasteiger partial charge in [-0.3, -0.25) is 0 Å². The van der Waals surface area contributed by atoms with E-state index in [1.54, 1.807) is 0 Å². The van der Waals surface area contributed by atoms with Crippen molar-refractivity contribution in [1.82, 2.24) is 10.6 Å². The van der Waals surface area contributed by atoms with E-state index in [2.05, 4.69) is 29.7 Å². The van der Waals surface area contributed by atoms with Gasteiger partial charge in [-0.25, -0.2) is 4.79 Å². The molecule has 2 aliphatic carbocycles. The fraction of sp³-hybridized carbons (Fsp3) is 0.824.